The maximum Gasteiger partial charge on any atom is 0.272 e. The molecule has 2 fully saturated rings. The van der Waals surface area contributed by atoms with Crippen LogP contribution in [0, 0.1) is 0 Å². The fourth-order valence-electron chi connectivity index (χ4n) is 6.76. The standard InChI is InChI=1S/C32H38N8O6S/c1-31(2)27(41)39(20-9-5-6-10-20)25-23(45-31)17-33-29(36-25)35-19-13-15-22(16-14-19)47(43,44)38-30-34-18-24-26(37-30)40(21-11-7-8-12-21)28(42)32(3,4)46-24/h13-18,20-21H,5-12H2,1-4H3,(H,33,35,36)(H,34,37,38). The molecule has 4 aliphatic rings. The fraction of sp³-hybridized carbons (Fsp3) is 0.500. The number of carbonyl (C=O) groups excluding carboxylic acids is 2. The minimum Gasteiger partial charge on any atom is -0.472 e. The van der Waals surface area contributed by atoms with E-state index in [1.807, 2.05) is 0 Å². The fourth-order valence-corrected chi connectivity index (χ4v) is 7.71. The van der Waals surface area contributed by atoms with Crippen molar-refractivity contribution in [2.45, 2.75) is 107 Å². The highest BCUT2D eigenvalue weighted by Gasteiger charge is 2.47. The number of hydrogen-bond acceptors (Lipinski definition) is 11. The predicted octanol–water partition coefficient (Wildman–Crippen LogP) is 4.70. The third kappa shape index (κ3) is 5.70. The summed E-state index contributed by atoms with van der Waals surface area (Å²) in [5.41, 5.74) is -1.57. The predicted molar refractivity (Wildman–Crippen MR) is 173 cm³/mol. The Kier molecular flexibility index (Phi) is 7.49. The number of nitrogens with one attached hydrogen (secondary N) is 2. The maximum atomic E-state index is 13.4. The minimum atomic E-state index is -4.09. The number of hydrogen-bond donors (Lipinski definition) is 2. The van der Waals surface area contributed by atoms with Crippen molar-refractivity contribution in [1.82, 2.24) is 19.9 Å². The Morgan fingerprint density at radius 2 is 1.17 bits per heavy atom. The van der Waals surface area contributed by atoms with Crippen molar-refractivity contribution >= 4 is 51.1 Å². The summed E-state index contributed by atoms with van der Waals surface area (Å²) in [6.45, 7) is 6.90. The number of anilines is 5. The molecule has 248 valence electrons. The molecule has 2 aromatic heterocycles. The van der Waals surface area contributed by atoms with E-state index in [-0.39, 0.29) is 46.5 Å². The molecule has 4 heterocycles. The third-order valence-electron chi connectivity index (χ3n) is 9.15. The zero-order chi connectivity index (χ0) is 33.1. The van der Waals surface area contributed by atoms with Gasteiger partial charge in [0.25, 0.3) is 21.8 Å². The highest BCUT2D eigenvalue weighted by molar-refractivity contribution is 7.92. The Morgan fingerprint density at radius 1 is 0.723 bits per heavy atom. The molecule has 2 N–H and O–H groups in total. The van der Waals surface area contributed by atoms with Crippen LogP contribution in [-0.4, -0.2) is 63.5 Å². The van der Waals surface area contributed by atoms with Gasteiger partial charge >= 0.3 is 0 Å². The molecule has 2 amide bonds. The number of rotatable bonds is 7. The van der Waals surface area contributed by atoms with Gasteiger partial charge in [-0.3, -0.25) is 19.4 Å². The number of fused-ring (bicyclic) bond motifs is 2. The third-order valence-corrected chi connectivity index (χ3v) is 10.5. The van der Waals surface area contributed by atoms with E-state index in [0.717, 1.165) is 51.4 Å². The van der Waals surface area contributed by atoms with Gasteiger partial charge in [-0.2, -0.15) is 9.97 Å². The molecule has 1 aromatic carbocycles. The SMILES string of the molecule is CC1(C)Oc2cnc(Nc3ccc(S(=O)(=O)Nc4ncc5c(n4)N(C4CCCC4)C(=O)C(C)(C)O5)cc3)nc2N(C2CCCC2)C1=O. The van der Waals surface area contributed by atoms with Crippen LogP contribution in [0.1, 0.15) is 79.1 Å². The second kappa shape index (κ2) is 11.3. The van der Waals surface area contributed by atoms with Gasteiger partial charge < -0.3 is 14.8 Å². The van der Waals surface area contributed by atoms with Crippen LogP contribution >= 0.6 is 0 Å². The van der Waals surface area contributed by atoms with Gasteiger partial charge in [-0.05, 0) is 77.6 Å². The van der Waals surface area contributed by atoms with E-state index in [2.05, 4.69) is 30.0 Å². The smallest absolute Gasteiger partial charge is 0.272 e. The van der Waals surface area contributed by atoms with Crippen LogP contribution in [0.2, 0.25) is 0 Å². The first-order valence-corrected chi connectivity index (χ1v) is 17.5. The second-order valence-electron chi connectivity index (χ2n) is 13.5. The summed E-state index contributed by atoms with van der Waals surface area (Å²) in [7, 11) is -4.09. The van der Waals surface area contributed by atoms with Gasteiger partial charge in [0, 0.05) is 17.8 Å². The van der Waals surface area contributed by atoms with Crippen LogP contribution in [-0.2, 0) is 19.6 Å². The van der Waals surface area contributed by atoms with Crippen molar-refractivity contribution in [1.29, 1.82) is 0 Å². The summed E-state index contributed by atoms with van der Waals surface area (Å²) in [6.07, 6.45) is 10.5. The molecule has 0 saturated heterocycles. The van der Waals surface area contributed by atoms with E-state index >= 15 is 0 Å². The summed E-state index contributed by atoms with van der Waals surface area (Å²) in [5.74, 6) is 1.18. The molecule has 0 atom stereocenters. The van der Waals surface area contributed by atoms with E-state index < -0.39 is 21.2 Å². The summed E-state index contributed by atoms with van der Waals surface area (Å²) < 4.78 is 41.0. The lowest BCUT2D eigenvalue weighted by Crippen LogP contribution is -2.55. The number of nitrogens with zero attached hydrogens (tertiary/aromatic N) is 6. The molecule has 47 heavy (non-hydrogen) atoms. The van der Waals surface area contributed by atoms with Crippen molar-refractivity contribution in [3.05, 3.63) is 36.7 Å². The number of amides is 2. The van der Waals surface area contributed by atoms with Crippen LogP contribution in [0.15, 0.2) is 41.6 Å². The van der Waals surface area contributed by atoms with E-state index in [0.29, 0.717) is 23.0 Å². The van der Waals surface area contributed by atoms with Crippen LogP contribution < -0.4 is 29.3 Å². The van der Waals surface area contributed by atoms with E-state index in [1.54, 1.807) is 55.8 Å². The Hall–Kier alpha value is -4.53. The Morgan fingerprint density at radius 3 is 1.66 bits per heavy atom. The monoisotopic (exact) mass is 662 g/mol. The molecular weight excluding hydrogens is 624 g/mol. The molecule has 3 aromatic rings. The zero-order valence-electron chi connectivity index (χ0n) is 26.8. The van der Waals surface area contributed by atoms with Gasteiger partial charge in [-0.15, -0.1) is 0 Å². The number of carbonyl (C=O) groups is 2. The van der Waals surface area contributed by atoms with E-state index in [9.17, 15) is 18.0 Å². The molecule has 0 bridgehead atoms. The average molecular weight is 663 g/mol. The van der Waals surface area contributed by atoms with Crippen LogP contribution in [0.5, 0.6) is 11.5 Å². The topological polar surface area (TPSA) is 169 Å². The van der Waals surface area contributed by atoms with Gasteiger partial charge in [-0.1, -0.05) is 25.7 Å². The number of ether oxygens (including phenoxy) is 2. The molecule has 0 unspecified atom stereocenters. The van der Waals surface area contributed by atoms with Crippen LogP contribution in [0.3, 0.4) is 0 Å². The molecule has 14 nitrogen and oxygen atoms in total. The largest absolute Gasteiger partial charge is 0.472 e. The highest BCUT2D eigenvalue weighted by atomic mass is 32.2. The molecule has 7 rings (SSSR count). The number of benzene rings is 1. The average Bonchev–Trinajstić information content (AvgIpc) is 3.75. The zero-order valence-corrected chi connectivity index (χ0v) is 27.6. The van der Waals surface area contributed by atoms with Crippen molar-refractivity contribution in [3.8, 4) is 11.5 Å². The summed E-state index contributed by atoms with van der Waals surface area (Å²) in [4.78, 5) is 47.7. The summed E-state index contributed by atoms with van der Waals surface area (Å²) in [6, 6.07) is 6.05. The lowest BCUT2D eigenvalue weighted by Gasteiger charge is -2.40. The van der Waals surface area contributed by atoms with Crippen LogP contribution in [0.4, 0.5) is 29.2 Å². The molecule has 0 radical (unpaired) electrons. The van der Waals surface area contributed by atoms with Crippen LogP contribution in [0.25, 0.3) is 0 Å². The second-order valence-corrected chi connectivity index (χ2v) is 15.2. The Labute approximate surface area is 273 Å². The first kappa shape index (κ1) is 31.1. The Bertz CT molecular complexity index is 1840. The highest BCUT2D eigenvalue weighted by Crippen LogP contribution is 2.42. The molecule has 2 aliphatic carbocycles. The molecule has 0 spiro atoms. The van der Waals surface area contributed by atoms with Crippen molar-refractivity contribution in [2.75, 3.05) is 19.8 Å². The van der Waals surface area contributed by atoms with E-state index in [1.165, 1.54) is 18.3 Å². The maximum absolute atomic E-state index is 13.4. The van der Waals surface area contributed by atoms with Crippen molar-refractivity contribution in [2.24, 2.45) is 0 Å². The number of sulfonamides is 1. The van der Waals surface area contributed by atoms with Gasteiger partial charge in [-0.25, -0.2) is 23.1 Å². The molecule has 15 heteroatoms. The summed E-state index contributed by atoms with van der Waals surface area (Å²) in [5, 5.41) is 3.10. The van der Waals surface area contributed by atoms with Gasteiger partial charge in [0.05, 0.1) is 17.3 Å². The van der Waals surface area contributed by atoms with Crippen molar-refractivity contribution in [3.63, 3.8) is 0 Å². The first-order valence-electron chi connectivity index (χ1n) is 16.0. The number of aromatic nitrogens is 4. The Balaban J connectivity index is 1.09. The summed E-state index contributed by atoms with van der Waals surface area (Å²) >= 11 is 0. The lowest BCUT2D eigenvalue weighted by atomic mass is 10.0. The van der Waals surface area contributed by atoms with Gasteiger partial charge in [0.2, 0.25) is 11.9 Å². The minimum absolute atomic E-state index is 0.0227. The first-order chi connectivity index (χ1) is 22.3. The van der Waals surface area contributed by atoms with Gasteiger partial charge in [0.1, 0.15) is 0 Å². The quantitative estimate of drug-likeness (QED) is 0.360. The normalized spacial score (nSPS) is 20.8. The molecular formula is C32H38N8O6S. The van der Waals surface area contributed by atoms with Crippen molar-refractivity contribution < 1.29 is 27.5 Å². The lowest BCUT2D eigenvalue weighted by molar-refractivity contribution is -0.133. The molecule has 2 aliphatic heterocycles. The molecule has 2 saturated carbocycles. The van der Waals surface area contributed by atoms with E-state index in [4.69, 9.17) is 9.47 Å². The van der Waals surface area contributed by atoms with Gasteiger partial charge in [0.15, 0.2) is 34.3 Å².